The second-order valence-corrected chi connectivity index (χ2v) is 5.51. The third-order valence-electron chi connectivity index (χ3n) is 2.46. The molecule has 2 rings (SSSR count). The van der Waals surface area contributed by atoms with Crippen LogP contribution in [0.5, 0.6) is 0 Å². The van der Waals surface area contributed by atoms with Gasteiger partial charge < -0.3 is 10.1 Å². The van der Waals surface area contributed by atoms with Crippen LogP contribution in [0, 0.1) is 11.8 Å². The predicted molar refractivity (Wildman–Crippen MR) is 79.6 cm³/mol. The molecule has 2 heterocycles. The SMILES string of the molecule is CC(C)(C)OC(=O)NCCC#Cc1cc2cn[nH]c2cn1. The molecule has 6 nitrogen and oxygen atoms in total. The Hall–Kier alpha value is -2.55. The van der Waals surface area contributed by atoms with Crippen molar-refractivity contribution in [2.24, 2.45) is 0 Å². The summed E-state index contributed by atoms with van der Waals surface area (Å²) < 4.78 is 5.12. The molecule has 0 fully saturated rings. The Labute approximate surface area is 123 Å². The van der Waals surface area contributed by atoms with Crippen LogP contribution in [0.4, 0.5) is 4.79 Å². The molecule has 0 radical (unpaired) electrons. The van der Waals surface area contributed by atoms with E-state index in [1.54, 1.807) is 12.4 Å². The molecule has 0 spiro atoms. The maximum Gasteiger partial charge on any atom is 0.407 e. The van der Waals surface area contributed by atoms with E-state index < -0.39 is 11.7 Å². The van der Waals surface area contributed by atoms with E-state index in [9.17, 15) is 4.79 Å². The first-order chi connectivity index (χ1) is 9.94. The van der Waals surface area contributed by atoms with E-state index in [-0.39, 0.29) is 0 Å². The molecule has 0 saturated heterocycles. The number of hydrogen-bond acceptors (Lipinski definition) is 4. The van der Waals surface area contributed by atoms with E-state index in [0.29, 0.717) is 18.7 Å². The largest absolute Gasteiger partial charge is 0.444 e. The topological polar surface area (TPSA) is 79.9 Å². The molecule has 0 aliphatic rings. The van der Waals surface area contributed by atoms with E-state index in [0.717, 1.165) is 10.9 Å². The minimum Gasteiger partial charge on any atom is -0.444 e. The zero-order valence-corrected chi connectivity index (χ0v) is 12.4. The number of pyridine rings is 1. The Bertz CT molecular complexity index is 689. The predicted octanol–water partition coefficient (Wildman–Crippen LogP) is 2.22. The lowest BCUT2D eigenvalue weighted by molar-refractivity contribution is 0.0529. The summed E-state index contributed by atoms with van der Waals surface area (Å²) in [4.78, 5) is 15.6. The molecule has 0 aliphatic heterocycles. The molecule has 110 valence electrons. The monoisotopic (exact) mass is 286 g/mol. The second kappa shape index (κ2) is 6.27. The lowest BCUT2D eigenvalue weighted by Gasteiger charge is -2.19. The van der Waals surface area contributed by atoms with Gasteiger partial charge in [0, 0.05) is 18.4 Å². The summed E-state index contributed by atoms with van der Waals surface area (Å²) in [6.45, 7) is 5.91. The molecule has 0 saturated carbocycles. The number of nitrogens with zero attached hydrogens (tertiary/aromatic N) is 2. The maximum atomic E-state index is 11.4. The lowest BCUT2D eigenvalue weighted by Crippen LogP contribution is -2.32. The van der Waals surface area contributed by atoms with E-state index in [2.05, 4.69) is 32.3 Å². The van der Waals surface area contributed by atoms with Crippen molar-refractivity contribution in [3.05, 3.63) is 24.2 Å². The molecule has 0 unspecified atom stereocenters. The molecule has 21 heavy (non-hydrogen) atoms. The fraction of sp³-hybridized carbons (Fsp3) is 0.400. The number of amides is 1. The molecular formula is C15H18N4O2. The number of carbonyl (C=O) groups is 1. The summed E-state index contributed by atoms with van der Waals surface area (Å²) in [6, 6.07) is 1.87. The van der Waals surface area contributed by atoms with Gasteiger partial charge in [0.1, 0.15) is 11.3 Å². The van der Waals surface area contributed by atoms with Crippen molar-refractivity contribution in [1.82, 2.24) is 20.5 Å². The number of aromatic nitrogens is 3. The van der Waals surface area contributed by atoms with Crippen LogP contribution in [0.2, 0.25) is 0 Å². The van der Waals surface area contributed by atoms with Crippen molar-refractivity contribution in [3.63, 3.8) is 0 Å². The number of hydrogen-bond donors (Lipinski definition) is 2. The van der Waals surface area contributed by atoms with Crippen LogP contribution >= 0.6 is 0 Å². The molecule has 2 aromatic rings. The van der Waals surface area contributed by atoms with E-state index in [4.69, 9.17) is 4.74 Å². The Balaban J connectivity index is 1.80. The summed E-state index contributed by atoms with van der Waals surface area (Å²) in [5.74, 6) is 5.92. The summed E-state index contributed by atoms with van der Waals surface area (Å²) in [7, 11) is 0. The van der Waals surface area contributed by atoms with Crippen molar-refractivity contribution in [3.8, 4) is 11.8 Å². The van der Waals surface area contributed by atoms with Crippen molar-refractivity contribution in [2.45, 2.75) is 32.8 Å². The highest BCUT2D eigenvalue weighted by molar-refractivity contribution is 5.77. The molecule has 0 bridgehead atoms. The Morgan fingerprint density at radius 1 is 1.43 bits per heavy atom. The Morgan fingerprint density at radius 2 is 2.24 bits per heavy atom. The van der Waals surface area contributed by atoms with Crippen LogP contribution < -0.4 is 5.32 Å². The third-order valence-corrected chi connectivity index (χ3v) is 2.46. The molecule has 6 heteroatoms. The first-order valence-corrected chi connectivity index (χ1v) is 6.69. The molecule has 2 aromatic heterocycles. The quantitative estimate of drug-likeness (QED) is 0.655. The summed E-state index contributed by atoms with van der Waals surface area (Å²) in [6.07, 6.45) is 3.53. The van der Waals surface area contributed by atoms with Gasteiger partial charge in [-0.25, -0.2) is 9.78 Å². The minimum atomic E-state index is -0.486. The highest BCUT2D eigenvalue weighted by Crippen LogP contribution is 2.09. The van der Waals surface area contributed by atoms with Gasteiger partial charge in [0.15, 0.2) is 0 Å². The minimum absolute atomic E-state index is 0.428. The first kappa shape index (κ1) is 14.9. The van der Waals surface area contributed by atoms with E-state index >= 15 is 0 Å². The van der Waals surface area contributed by atoms with Crippen molar-refractivity contribution < 1.29 is 9.53 Å². The molecule has 2 N–H and O–H groups in total. The van der Waals surface area contributed by atoms with Gasteiger partial charge in [0.25, 0.3) is 0 Å². The summed E-state index contributed by atoms with van der Waals surface area (Å²) in [5.41, 5.74) is 1.08. The number of ether oxygens (including phenoxy) is 1. The number of fused-ring (bicyclic) bond motifs is 1. The number of H-pyrrole nitrogens is 1. The molecule has 1 amide bonds. The maximum absolute atomic E-state index is 11.4. The van der Waals surface area contributed by atoms with Crippen molar-refractivity contribution >= 4 is 17.0 Å². The van der Waals surface area contributed by atoms with Gasteiger partial charge in [-0.2, -0.15) is 5.10 Å². The van der Waals surface area contributed by atoms with E-state index in [1.165, 1.54) is 0 Å². The van der Waals surface area contributed by atoms with Gasteiger partial charge in [-0.3, -0.25) is 5.10 Å². The third kappa shape index (κ3) is 4.80. The molecule has 0 aliphatic carbocycles. The number of alkyl carbamates (subject to hydrolysis) is 1. The molecule has 0 aromatic carbocycles. The average Bonchev–Trinajstić information content (AvgIpc) is 2.83. The number of rotatable bonds is 2. The van der Waals surface area contributed by atoms with Gasteiger partial charge in [-0.05, 0) is 32.8 Å². The van der Waals surface area contributed by atoms with Gasteiger partial charge in [0.2, 0.25) is 0 Å². The smallest absolute Gasteiger partial charge is 0.407 e. The fourth-order valence-corrected chi connectivity index (χ4v) is 1.61. The summed E-state index contributed by atoms with van der Waals surface area (Å²) >= 11 is 0. The summed E-state index contributed by atoms with van der Waals surface area (Å²) in [5, 5.41) is 10.4. The normalized spacial score (nSPS) is 10.8. The van der Waals surface area contributed by atoms with Gasteiger partial charge in [0.05, 0.1) is 17.9 Å². The Kier molecular flexibility index (Phi) is 4.43. The fourth-order valence-electron chi connectivity index (χ4n) is 1.61. The molecular weight excluding hydrogens is 268 g/mol. The highest BCUT2D eigenvalue weighted by Gasteiger charge is 2.15. The first-order valence-electron chi connectivity index (χ1n) is 6.69. The average molecular weight is 286 g/mol. The van der Waals surface area contributed by atoms with Gasteiger partial charge >= 0.3 is 6.09 Å². The van der Waals surface area contributed by atoms with Crippen molar-refractivity contribution in [2.75, 3.05) is 6.54 Å². The van der Waals surface area contributed by atoms with Crippen LogP contribution in [0.3, 0.4) is 0 Å². The molecule has 0 atom stereocenters. The number of carbonyl (C=O) groups excluding carboxylic acids is 1. The number of aromatic amines is 1. The van der Waals surface area contributed by atoms with Crippen LogP contribution in [-0.2, 0) is 4.74 Å². The zero-order chi connectivity index (χ0) is 15.3. The van der Waals surface area contributed by atoms with Gasteiger partial charge in [-0.15, -0.1) is 0 Å². The van der Waals surface area contributed by atoms with E-state index in [1.807, 2.05) is 26.8 Å². The van der Waals surface area contributed by atoms with Gasteiger partial charge in [-0.1, -0.05) is 5.92 Å². The van der Waals surface area contributed by atoms with Crippen LogP contribution in [0.15, 0.2) is 18.5 Å². The van der Waals surface area contributed by atoms with Crippen molar-refractivity contribution in [1.29, 1.82) is 0 Å². The lowest BCUT2D eigenvalue weighted by atomic mass is 10.2. The Morgan fingerprint density at radius 3 is 3.00 bits per heavy atom. The highest BCUT2D eigenvalue weighted by atomic mass is 16.6. The zero-order valence-electron chi connectivity index (χ0n) is 12.4. The standard InChI is InChI=1S/C15H18N4O2/c1-15(2,3)21-14(20)16-7-5-4-6-12-8-11-9-18-19-13(11)10-17-12/h8-10H,5,7H2,1-3H3,(H,16,20)(H,18,19). The van der Waals surface area contributed by atoms with Crippen LogP contribution in [0.1, 0.15) is 32.9 Å². The second-order valence-electron chi connectivity index (χ2n) is 5.51. The number of nitrogens with one attached hydrogen (secondary N) is 2. The van der Waals surface area contributed by atoms with Crippen LogP contribution in [0.25, 0.3) is 10.9 Å². The van der Waals surface area contributed by atoms with Crippen LogP contribution in [-0.4, -0.2) is 33.4 Å².